The molecule has 0 bridgehead atoms. The third kappa shape index (κ3) is 6.29. The summed E-state index contributed by atoms with van der Waals surface area (Å²) in [5.41, 5.74) is 11.3. The van der Waals surface area contributed by atoms with Gasteiger partial charge in [-0.1, -0.05) is 11.6 Å². The predicted molar refractivity (Wildman–Crippen MR) is 160 cm³/mol. The number of fused-ring (bicyclic) bond motifs is 1. The van der Waals surface area contributed by atoms with Crippen molar-refractivity contribution in [1.29, 1.82) is 0 Å². The molecule has 6 nitrogen and oxygen atoms in total. The van der Waals surface area contributed by atoms with Crippen molar-refractivity contribution < 1.29 is 9.13 Å². The molecule has 0 fully saturated rings. The predicted octanol–water partition coefficient (Wildman–Crippen LogP) is 6.74. The zero-order chi connectivity index (χ0) is 26.5. The van der Waals surface area contributed by atoms with Crippen LogP contribution in [0.4, 0.5) is 27.3 Å². The second-order valence-electron chi connectivity index (χ2n) is 8.91. The Balaban J connectivity index is 1.17. The van der Waals surface area contributed by atoms with Crippen LogP contribution in [-0.4, -0.2) is 29.6 Å². The van der Waals surface area contributed by atoms with Gasteiger partial charge in [0.15, 0.2) is 0 Å². The SMILES string of the molecule is B=C(CCCOc1ccc2ncnc(Nc3ccc(F)c(Cl)c3)c2c1)Nc1cc(C2CC=CS2)ccc1N. The molecule has 4 N–H and O–H groups in total. The molecule has 192 valence electrons. The molecule has 1 aromatic heterocycles. The number of nitrogens with two attached hydrogens (primary N) is 1. The Morgan fingerprint density at radius 2 is 2.05 bits per heavy atom. The van der Waals surface area contributed by atoms with E-state index >= 15 is 0 Å². The number of allylic oxidation sites excluding steroid dienone is 1. The fourth-order valence-electron chi connectivity index (χ4n) is 4.15. The molecule has 1 aliphatic heterocycles. The van der Waals surface area contributed by atoms with Crippen LogP contribution in [0.5, 0.6) is 5.75 Å². The van der Waals surface area contributed by atoms with Crippen molar-refractivity contribution in [3.05, 3.63) is 88.8 Å². The van der Waals surface area contributed by atoms with Crippen LogP contribution in [0.2, 0.25) is 5.02 Å². The molecule has 2 heterocycles. The van der Waals surface area contributed by atoms with Gasteiger partial charge in [0.25, 0.3) is 0 Å². The van der Waals surface area contributed by atoms with Crippen molar-refractivity contribution in [1.82, 2.24) is 9.97 Å². The van der Waals surface area contributed by atoms with Gasteiger partial charge in [-0.05, 0) is 6.07 Å². The number of aromatic nitrogens is 2. The molecule has 38 heavy (non-hydrogen) atoms. The molecule has 1 atom stereocenters. The Hall–Kier alpha value is -3.56. The summed E-state index contributed by atoms with van der Waals surface area (Å²) in [5, 5.41) is 9.96. The van der Waals surface area contributed by atoms with Gasteiger partial charge in [-0.15, -0.1) is 0 Å². The maximum absolute atomic E-state index is 13.5. The van der Waals surface area contributed by atoms with E-state index in [4.69, 9.17) is 22.1 Å². The second kappa shape index (κ2) is 11.9. The third-order valence-electron chi connectivity index (χ3n) is 6.13. The first-order valence-electron chi connectivity index (χ1n) is 12.2. The number of rotatable bonds is 10. The molecule has 0 amide bonds. The molecular weight excluding hydrogens is 520 g/mol. The van der Waals surface area contributed by atoms with E-state index in [1.54, 1.807) is 6.07 Å². The van der Waals surface area contributed by atoms with Gasteiger partial charge in [0.1, 0.15) is 5.82 Å². The number of nitrogens with one attached hydrogen (secondary N) is 2. The first-order valence-corrected chi connectivity index (χ1v) is 13.5. The minimum atomic E-state index is -0.476. The Morgan fingerprint density at radius 3 is 2.87 bits per heavy atom. The molecule has 4 aromatic rings. The van der Waals surface area contributed by atoms with E-state index < -0.39 is 5.82 Å². The number of hydrogen-bond acceptors (Lipinski definition) is 7. The minimum absolute atomic E-state index is 0.0361. The Morgan fingerprint density at radius 1 is 1.16 bits per heavy atom. The summed E-state index contributed by atoms with van der Waals surface area (Å²) >= 11 is 7.74. The molecule has 10 heteroatoms. The summed E-state index contributed by atoms with van der Waals surface area (Å²) in [6.07, 6.45) is 6.21. The van der Waals surface area contributed by atoms with Gasteiger partial charge in [-0.25, -0.2) is 4.39 Å². The van der Waals surface area contributed by atoms with Gasteiger partial charge in [0.05, 0.1) is 5.02 Å². The number of nitrogen functional groups attached to an aromatic ring is 1. The van der Waals surface area contributed by atoms with Crippen LogP contribution in [0.15, 0.2) is 72.4 Å². The molecule has 0 aliphatic carbocycles. The van der Waals surface area contributed by atoms with Crippen LogP contribution in [0, 0.1) is 5.82 Å². The van der Waals surface area contributed by atoms with E-state index in [1.807, 2.05) is 36.0 Å². The summed E-state index contributed by atoms with van der Waals surface area (Å²) in [6.45, 7) is 0.510. The maximum atomic E-state index is 13.5. The van der Waals surface area contributed by atoms with E-state index in [0.717, 1.165) is 41.4 Å². The first kappa shape index (κ1) is 26.1. The fourth-order valence-corrected chi connectivity index (χ4v) is 5.26. The van der Waals surface area contributed by atoms with E-state index in [-0.39, 0.29) is 5.02 Å². The van der Waals surface area contributed by atoms with E-state index in [1.165, 1.54) is 24.0 Å². The Kier molecular flexibility index (Phi) is 8.15. The number of hydrogen-bond donors (Lipinski definition) is 3. The van der Waals surface area contributed by atoms with Gasteiger partial charge in [-0.3, -0.25) is 0 Å². The fraction of sp³-hybridized carbons (Fsp3) is 0.179. The molecule has 1 aliphatic rings. The van der Waals surface area contributed by atoms with Gasteiger partial charge in [-0.2, -0.15) is 0 Å². The first-order chi connectivity index (χ1) is 18.5. The molecule has 1 unspecified atom stereocenters. The number of anilines is 4. The molecule has 5 rings (SSSR count). The van der Waals surface area contributed by atoms with Crippen molar-refractivity contribution in [3.63, 3.8) is 0 Å². The Bertz CT molecular complexity index is 1510. The second-order valence-corrected chi connectivity index (χ2v) is 10.4. The average molecular weight is 546 g/mol. The Labute approximate surface area is 230 Å². The molecule has 0 saturated carbocycles. The van der Waals surface area contributed by atoms with Crippen molar-refractivity contribution >= 4 is 70.2 Å². The van der Waals surface area contributed by atoms with Crippen molar-refractivity contribution in [2.24, 2.45) is 0 Å². The van der Waals surface area contributed by atoms with Crippen LogP contribution >= 0.6 is 23.4 Å². The van der Waals surface area contributed by atoms with Gasteiger partial charge < -0.3 is 0 Å². The average Bonchev–Trinajstić information content (AvgIpc) is 3.45. The topological polar surface area (TPSA) is 85.1 Å². The van der Waals surface area contributed by atoms with Gasteiger partial charge in [0.2, 0.25) is 0 Å². The van der Waals surface area contributed by atoms with Crippen LogP contribution in [0.25, 0.3) is 10.9 Å². The number of benzene rings is 3. The standard InChI is InChI=1S/C28H26BClFN5OS/c29-27(36-25-13-17(5-9-23(25)32)26-3-2-12-38-26)4-1-11-37-19-7-10-24-20(15-19)28(34-16-33-24)35-18-6-8-22(31)21(30)14-18/h2,5-10,12-16,26,29,36H,1,3-4,11,32H2,(H,33,34,35). The van der Waals surface area contributed by atoms with E-state index in [9.17, 15) is 4.39 Å². The van der Waals surface area contributed by atoms with Gasteiger partial charge >= 0.3 is 198 Å². The normalized spacial score (nSPS) is 14.5. The van der Waals surface area contributed by atoms with Crippen molar-refractivity contribution in [3.8, 4) is 5.75 Å². The molecule has 0 saturated heterocycles. The third-order valence-corrected chi connectivity index (χ3v) is 7.56. The molecule has 0 spiro atoms. The molecular formula is C28H26BClFN5OS. The molecule has 3 aromatic carbocycles. The summed E-state index contributed by atoms with van der Waals surface area (Å²) in [5.74, 6) is 0.800. The van der Waals surface area contributed by atoms with E-state index in [0.29, 0.717) is 34.8 Å². The summed E-state index contributed by atoms with van der Waals surface area (Å²) in [6, 6.07) is 16.2. The van der Waals surface area contributed by atoms with Crippen molar-refractivity contribution in [2.75, 3.05) is 23.0 Å². The number of ether oxygens (including phenoxy) is 1. The zero-order valence-corrected chi connectivity index (χ0v) is 22.2. The number of nitrogens with zero attached hydrogens (tertiary/aromatic N) is 2. The van der Waals surface area contributed by atoms with Crippen LogP contribution < -0.4 is 21.1 Å². The number of halogens is 2. The van der Waals surface area contributed by atoms with Crippen LogP contribution in [-0.2, 0) is 0 Å². The molecule has 0 radical (unpaired) electrons. The van der Waals surface area contributed by atoms with E-state index in [2.05, 4.69) is 51.7 Å². The van der Waals surface area contributed by atoms with Crippen molar-refractivity contribution in [2.45, 2.75) is 24.5 Å². The monoisotopic (exact) mass is 545 g/mol. The summed E-state index contributed by atoms with van der Waals surface area (Å²) in [4.78, 5) is 8.67. The van der Waals surface area contributed by atoms with Crippen LogP contribution in [0.3, 0.4) is 0 Å². The quantitative estimate of drug-likeness (QED) is 0.116. The summed E-state index contributed by atoms with van der Waals surface area (Å²) in [7, 11) is 4.17. The zero-order valence-electron chi connectivity index (χ0n) is 20.6. The number of thioether (sulfide) groups is 1. The summed E-state index contributed by atoms with van der Waals surface area (Å²) < 4.78 is 19.5. The van der Waals surface area contributed by atoms with Gasteiger partial charge in [0, 0.05) is 0 Å². The van der Waals surface area contributed by atoms with Crippen LogP contribution in [0.1, 0.15) is 30.1 Å².